The summed E-state index contributed by atoms with van der Waals surface area (Å²) in [5.74, 6) is -0.540. The Morgan fingerprint density at radius 2 is 1.59 bits per heavy atom. The minimum Gasteiger partial charge on any atom is -0.506 e. The molecule has 3 rings (SSSR count). The van der Waals surface area contributed by atoms with Crippen LogP contribution in [-0.2, 0) is 0 Å². The van der Waals surface area contributed by atoms with Gasteiger partial charge in [-0.3, -0.25) is 4.79 Å². The van der Waals surface area contributed by atoms with Gasteiger partial charge in [0, 0.05) is 26.2 Å². The van der Waals surface area contributed by atoms with Crippen molar-refractivity contribution in [1.82, 2.24) is 4.90 Å². The van der Waals surface area contributed by atoms with Gasteiger partial charge in [0.15, 0.2) is 0 Å². The molecule has 0 aromatic heterocycles. The first kappa shape index (κ1) is 14.4. The summed E-state index contributed by atoms with van der Waals surface area (Å²) < 4.78 is 13.7. The van der Waals surface area contributed by atoms with E-state index in [4.69, 9.17) is 0 Å². The lowest BCUT2D eigenvalue weighted by molar-refractivity contribution is 0.0742. The zero-order chi connectivity index (χ0) is 15.5. The predicted octanol–water partition coefficient (Wildman–Crippen LogP) is 2.49. The second kappa shape index (κ2) is 6.05. The Bertz CT molecular complexity index is 682. The topological polar surface area (TPSA) is 43.8 Å². The second-order valence-corrected chi connectivity index (χ2v) is 5.25. The molecule has 2 aromatic rings. The van der Waals surface area contributed by atoms with Gasteiger partial charge in [0.25, 0.3) is 5.91 Å². The minimum absolute atomic E-state index is 0.110. The van der Waals surface area contributed by atoms with Crippen molar-refractivity contribution in [2.75, 3.05) is 31.1 Å². The number of phenols is 1. The third-order valence-corrected chi connectivity index (χ3v) is 3.89. The number of benzene rings is 2. The second-order valence-electron chi connectivity index (χ2n) is 5.25. The monoisotopic (exact) mass is 300 g/mol. The molecule has 0 bridgehead atoms. The van der Waals surface area contributed by atoms with Gasteiger partial charge in [-0.15, -0.1) is 0 Å². The number of anilines is 1. The van der Waals surface area contributed by atoms with E-state index in [1.807, 2.05) is 17.0 Å². The maximum atomic E-state index is 13.7. The van der Waals surface area contributed by atoms with Crippen LogP contribution in [0.4, 0.5) is 10.1 Å². The van der Waals surface area contributed by atoms with Crippen LogP contribution in [0.3, 0.4) is 0 Å². The molecule has 1 aliphatic heterocycles. The van der Waals surface area contributed by atoms with Gasteiger partial charge >= 0.3 is 0 Å². The number of amides is 1. The summed E-state index contributed by atoms with van der Waals surface area (Å²) in [4.78, 5) is 16.0. The highest BCUT2D eigenvalue weighted by atomic mass is 19.1. The van der Waals surface area contributed by atoms with Crippen LogP contribution < -0.4 is 4.90 Å². The van der Waals surface area contributed by atoms with E-state index < -0.39 is 5.82 Å². The molecule has 1 saturated heterocycles. The minimum atomic E-state index is -0.490. The first-order valence-corrected chi connectivity index (χ1v) is 7.23. The molecule has 0 saturated carbocycles. The fourth-order valence-electron chi connectivity index (χ4n) is 2.69. The molecule has 2 aromatic carbocycles. The van der Waals surface area contributed by atoms with Crippen LogP contribution >= 0.6 is 0 Å². The molecule has 114 valence electrons. The van der Waals surface area contributed by atoms with Crippen molar-refractivity contribution in [2.24, 2.45) is 0 Å². The maximum Gasteiger partial charge on any atom is 0.256 e. The molecule has 1 amide bonds. The van der Waals surface area contributed by atoms with E-state index in [1.54, 1.807) is 29.2 Å². The lowest BCUT2D eigenvalue weighted by Crippen LogP contribution is -2.49. The van der Waals surface area contributed by atoms with Crippen molar-refractivity contribution in [3.63, 3.8) is 0 Å². The molecule has 1 heterocycles. The maximum absolute atomic E-state index is 13.7. The van der Waals surface area contributed by atoms with Crippen molar-refractivity contribution in [2.45, 2.75) is 0 Å². The molecular formula is C17H17FN2O2. The van der Waals surface area contributed by atoms with Crippen molar-refractivity contribution >= 4 is 11.6 Å². The number of nitrogens with zero attached hydrogens (tertiary/aromatic N) is 2. The van der Waals surface area contributed by atoms with Crippen LogP contribution in [0.15, 0.2) is 48.5 Å². The van der Waals surface area contributed by atoms with Gasteiger partial charge < -0.3 is 14.9 Å². The zero-order valence-corrected chi connectivity index (χ0v) is 12.1. The SMILES string of the molecule is O=C(c1ccccc1F)N1CCN(c2ccccc2O)CC1. The molecule has 1 fully saturated rings. The molecule has 4 nitrogen and oxygen atoms in total. The van der Waals surface area contributed by atoms with Gasteiger partial charge in [-0.1, -0.05) is 24.3 Å². The van der Waals surface area contributed by atoms with Gasteiger partial charge in [0.2, 0.25) is 0 Å². The Morgan fingerprint density at radius 3 is 2.27 bits per heavy atom. The zero-order valence-electron chi connectivity index (χ0n) is 12.1. The van der Waals surface area contributed by atoms with Crippen molar-refractivity contribution in [3.8, 4) is 5.75 Å². The van der Waals surface area contributed by atoms with Crippen molar-refractivity contribution < 1.29 is 14.3 Å². The molecule has 1 N–H and O–H groups in total. The number of para-hydroxylation sites is 2. The molecule has 0 aliphatic carbocycles. The van der Waals surface area contributed by atoms with E-state index in [1.165, 1.54) is 12.1 Å². The average molecular weight is 300 g/mol. The summed E-state index contributed by atoms with van der Waals surface area (Å²) in [7, 11) is 0. The third kappa shape index (κ3) is 2.74. The Hall–Kier alpha value is -2.56. The van der Waals surface area contributed by atoms with Gasteiger partial charge in [-0.05, 0) is 24.3 Å². The number of carbonyl (C=O) groups is 1. The Labute approximate surface area is 128 Å². The van der Waals surface area contributed by atoms with E-state index in [-0.39, 0.29) is 17.2 Å². The fourth-order valence-corrected chi connectivity index (χ4v) is 2.69. The van der Waals surface area contributed by atoms with Crippen molar-refractivity contribution in [3.05, 3.63) is 59.9 Å². The normalized spacial score (nSPS) is 15.0. The Kier molecular flexibility index (Phi) is 3.96. The van der Waals surface area contributed by atoms with Crippen LogP contribution in [0.2, 0.25) is 0 Å². The summed E-state index contributed by atoms with van der Waals surface area (Å²) in [6.45, 7) is 2.22. The first-order chi connectivity index (χ1) is 10.7. The van der Waals surface area contributed by atoms with Gasteiger partial charge in [-0.2, -0.15) is 0 Å². The summed E-state index contributed by atoms with van der Waals surface area (Å²) in [5.41, 5.74) is 0.874. The number of phenolic OH excluding ortho intramolecular Hbond substituents is 1. The van der Waals surface area contributed by atoms with Crippen LogP contribution in [0.5, 0.6) is 5.75 Å². The Morgan fingerprint density at radius 1 is 0.955 bits per heavy atom. The lowest BCUT2D eigenvalue weighted by Gasteiger charge is -2.36. The lowest BCUT2D eigenvalue weighted by atomic mass is 10.1. The van der Waals surface area contributed by atoms with Gasteiger partial charge in [0.05, 0.1) is 11.3 Å². The van der Waals surface area contributed by atoms with E-state index in [2.05, 4.69) is 0 Å². The molecule has 0 radical (unpaired) electrons. The fraction of sp³-hybridized carbons (Fsp3) is 0.235. The number of rotatable bonds is 2. The van der Waals surface area contributed by atoms with E-state index in [0.29, 0.717) is 26.2 Å². The summed E-state index contributed by atoms with van der Waals surface area (Å²) in [6.07, 6.45) is 0. The van der Waals surface area contributed by atoms with E-state index in [9.17, 15) is 14.3 Å². The molecule has 0 spiro atoms. The highest BCUT2D eigenvalue weighted by molar-refractivity contribution is 5.94. The molecular weight excluding hydrogens is 283 g/mol. The quantitative estimate of drug-likeness (QED) is 0.926. The van der Waals surface area contributed by atoms with E-state index in [0.717, 1.165) is 5.69 Å². The molecule has 22 heavy (non-hydrogen) atoms. The van der Waals surface area contributed by atoms with Gasteiger partial charge in [0.1, 0.15) is 11.6 Å². The van der Waals surface area contributed by atoms with Gasteiger partial charge in [-0.25, -0.2) is 4.39 Å². The number of hydrogen-bond donors (Lipinski definition) is 1. The van der Waals surface area contributed by atoms with Crippen LogP contribution in [-0.4, -0.2) is 42.1 Å². The number of aromatic hydroxyl groups is 1. The van der Waals surface area contributed by atoms with Crippen LogP contribution in [0.25, 0.3) is 0 Å². The highest BCUT2D eigenvalue weighted by Crippen LogP contribution is 2.27. The number of carbonyl (C=O) groups excluding carboxylic acids is 1. The third-order valence-electron chi connectivity index (χ3n) is 3.89. The average Bonchev–Trinajstić information content (AvgIpc) is 2.55. The molecule has 5 heteroatoms. The summed E-state index contributed by atoms with van der Waals surface area (Å²) in [6, 6.07) is 13.2. The smallest absolute Gasteiger partial charge is 0.256 e. The van der Waals surface area contributed by atoms with Crippen LogP contribution in [0.1, 0.15) is 10.4 Å². The summed E-state index contributed by atoms with van der Waals surface area (Å²) >= 11 is 0. The van der Waals surface area contributed by atoms with Crippen LogP contribution in [0, 0.1) is 5.82 Å². The predicted molar refractivity (Wildman–Crippen MR) is 82.6 cm³/mol. The van der Waals surface area contributed by atoms with E-state index >= 15 is 0 Å². The largest absolute Gasteiger partial charge is 0.506 e. The highest BCUT2D eigenvalue weighted by Gasteiger charge is 2.24. The number of halogens is 1. The standard InChI is InChI=1S/C17H17FN2O2/c18-14-6-2-1-5-13(14)17(22)20-11-9-19(10-12-20)15-7-3-4-8-16(15)21/h1-8,21H,9-12H2. The Balaban J connectivity index is 1.68. The summed E-state index contributed by atoms with van der Waals surface area (Å²) in [5, 5.41) is 9.88. The first-order valence-electron chi connectivity index (χ1n) is 7.23. The molecule has 1 aliphatic rings. The van der Waals surface area contributed by atoms with Crippen molar-refractivity contribution in [1.29, 1.82) is 0 Å². The molecule has 0 atom stereocenters. The molecule has 0 unspecified atom stereocenters. The number of piperazine rings is 1. The number of hydrogen-bond acceptors (Lipinski definition) is 3.